The van der Waals surface area contributed by atoms with Crippen molar-refractivity contribution >= 4 is 34.3 Å². The third kappa shape index (κ3) is 3.28. The van der Waals surface area contributed by atoms with Gasteiger partial charge in [0, 0.05) is 35.5 Å². The quantitative estimate of drug-likeness (QED) is 0.729. The number of thiazole rings is 2. The van der Waals surface area contributed by atoms with Crippen LogP contribution >= 0.6 is 22.7 Å². The second-order valence-corrected chi connectivity index (χ2v) is 5.77. The van der Waals surface area contributed by atoms with Crippen molar-refractivity contribution in [2.45, 2.75) is 13.1 Å². The second-order valence-electron chi connectivity index (χ2n) is 3.81. The van der Waals surface area contributed by atoms with E-state index in [0.29, 0.717) is 13.1 Å². The molecule has 0 radical (unpaired) electrons. The lowest BCUT2D eigenvalue weighted by molar-refractivity contribution is 1.03. The van der Waals surface area contributed by atoms with E-state index in [1.54, 1.807) is 47.5 Å². The minimum Gasteiger partial charge on any atom is -0.360 e. The number of hydrogen-bond donors (Lipinski definition) is 2. The van der Waals surface area contributed by atoms with Crippen LogP contribution in [0.15, 0.2) is 35.5 Å². The molecule has 0 aliphatic rings. The lowest BCUT2D eigenvalue weighted by Crippen LogP contribution is -2.08. The van der Waals surface area contributed by atoms with E-state index in [-0.39, 0.29) is 0 Å². The Labute approximate surface area is 124 Å². The highest BCUT2D eigenvalue weighted by atomic mass is 32.1. The fraction of sp³-hybridized carbons (Fsp3) is 0.167. The van der Waals surface area contributed by atoms with Crippen LogP contribution in [0.5, 0.6) is 0 Å². The van der Waals surface area contributed by atoms with Gasteiger partial charge in [0.1, 0.15) is 10.0 Å². The summed E-state index contributed by atoms with van der Waals surface area (Å²) in [7, 11) is 0. The first-order valence-electron chi connectivity index (χ1n) is 5.97. The number of hydrogen-bond acceptors (Lipinski definition) is 8. The highest BCUT2D eigenvalue weighted by Gasteiger charge is 2.06. The minimum absolute atomic E-state index is 0.641. The van der Waals surface area contributed by atoms with E-state index in [0.717, 1.165) is 21.7 Å². The molecule has 0 bridgehead atoms. The van der Waals surface area contributed by atoms with Crippen LogP contribution in [0.25, 0.3) is 0 Å². The summed E-state index contributed by atoms with van der Waals surface area (Å²) in [6, 6.07) is 0. The van der Waals surface area contributed by atoms with Gasteiger partial charge >= 0.3 is 0 Å². The Balaban J connectivity index is 1.64. The first kappa shape index (κ1) is 12.9. The standard InChI is InChI=1S/C12H12N6S2/c1-2-16-12(18-8-10-14-4-6-20-10)11(15-1)17-7-9-13-3-5-19-9/h1-6H,7-8H2,(H,15,17)(H,16,18). The Morgan fingerprint density at radius 2 is 1.20 bits per heavy atom. The van der Waals surface area contributed by atoms with Gasteiger partial charge < -0.3 is 10.6 Å². The molecule has 0 aromatic carbocycles. The Morgan fingerprint density at radius 1 is 0.700 bits per heavy atom. The zero-order valence-electron chi connectivity index (χ0n) is 10.5. The molecule has 20 heavy (non-hydrogen) atoms. The Morgan fingerprint density at radius 3 is 1.60 bits per heavy atom. The highest BCUT2D eigenvalue weighted by Crippen LogP contribution is 2.17. The van der Waals surface area contributed by atoms with Gasteiger partial charge in [0.25, 0.3) is 0 Å². The van der Waals surface area contributed by atoms with Crippen molar-refractivity contribution in [2.75, 3.05) is 10.6 Å². The van der Waals surface area contributed by atoms with Crippen LogP contribution in [0.4, 0.5) is 11.6 Å². The van der Waals surface area contributed by atoms with Crippen LogP contribution < -0.4 is 10.6 Å². The topological polar surface area (TPSA) is 75.6 Å². The molecule has 3 heterocycles. The van der Waals surface area contributed by atoms with Crippen LogP contribution in [-0.2, 0) is 13.1 Å². The minimum atomic E-state index is 0.641. The summed E-state index contributed by atoms with van der Waals surface area (Å²) in [6.07, 6.45) is 6.91. The third-order valence-corrected chi connectivity index (χ3v) is 4.04. The Hall–Kier alpha value is -2.06. The van der Waals surface area contributed by atoms with Crippen molar-refractivity contribution in [3.63, 3.8) is 0 Å². The average molecular weight is 304 g/mol. The Bertz CT molecular complexity index is 581. The molecule has 3 aromatic rings. The summed E-state index contributed by atoms with van der Waals surface area (Å²) in [4.78, 5) is 17.1. The lowest BCUT2D eigenvalue weighted by Gasteiger charge is -2.09. The predicted octanol–water partition coefficient (Wildman–Crippen LogP) is 2.61. The zero-order valence-corrected chi connectivity index (χ0v) is 12.1. The molecule has 102 valence electrons. The average Bonchev–Trinajstić information content (AvgIpc) is 3.17. The van der Waals surface area contributed by atoms with Crippen LogP contribution in [-0.4, -0.2) is 19.9 Å². The number of nitrogens with zero attached hydrogens (tertiary/aromatic N) is 4. The lowest BCUT2D eigenvalue weighted by atomic mass is 10.5. The molecule has 3 rings (SSSR count). The maximum Gasteiger partial charge on any atom is 0.169 e. The molecule has 0 fully saturated rings. The van der Waals surface area contributed by atoms with Gasteiger partial charge in [-0.25, -0.2) is 19.9 Å². The summed E-state index contributed by atoms with van der Waals surface area (Å²) in [6.45, 7) is 1.28. The summed E-state index contributed by atoms with van der Waals surface area (Å²) in [5.41, 5.74) is 0. The molecule has 0 aliphatic carbocycles. The number of nitrogens with one attached hydrogen (secondary N) is 2. The molecular formula is C12H12N6S2. The van der Waals surface area contributed by atoms with Crippen molar-refractivity contribution in [2.24, 2.45) is 0 Å². The third-order valence-electron chi connectivity index (χ3n) is 2.48. The van der Waals surface area contributed by atoms with Gasteiger partial charge in [-0.2, -0.15) is 0 Å². The van der Waals surface area contributed by atoms with Gasteiger partial charge in [-0.15, -0.1) is 22.7 Å². The Kier molecular flexibility index (Phi) is 4.14. The molecule has 0 atom stereocenters. The smallest absolute Gasteiger partial charge is 0.169 e. The molecule has 0 saturated carbocycles. The first-order valence-corrected chi connectivity index (χ1v) is 7.73. The van der Waals surface area contributed by atoms with Crippen molar-refractivity contribution in [1.29, 1.82) is 0 Å². The molecule has 0 spiro atoms. The zero-order chi connectivity index (χ0) is 13.6. The van der Waals surface area contributed by atoms with Gasteiger partial charge in [0.2, 0.25) is 0 Å². The number of rotatable bonds is 6. The molecule has 0 aliphatic heterocycles. The largest absolute Gasteiger partial charge is 0.360 e. The maximum absolute atomic E-state index is 4.30. The van der Waals surface area contributed by atoms with E-state index in [4.69, 9.17) is 0 Å². The van der Waals surface area contributed by atoms with E-state index in [2.05, 4.69) is 30.6 Å². The molecular weight excluding hydrogens is 292 g/mol. The fourth-order valence-corrected chi connectivity index (χ4v) is 2.71. The molecule has 0 amide bonds. The molecule has 0 unspecified atom stereocenters. The summed E-state index contributed by atoms with van der Waals surface area (Å²) < 4.78 is 0. The SMILES string of the molecule is c1csc(CNc2nccnc2NCc2nccs2)n1. The van der Waals surface area contributed by atoms with E-state index in [1.807, 2.05) is 10.8 Å². The van der Waals surface area contributed by atoms with Gasteiger partial charge in [-0.3, -0.25) is 0 Å². The summed E-state index contributed by atoms with van der Waals surface area (Å²) in [5.74, 6) is 1.44. The molecule has 3 aromatic heterocycles. The van der Waals surface area contributed by atoms with Crippen LogP contribution in [0.1, 0.15) is 10.0 Å². The van der Waals surface area contributed by atoms with Gasteiger partial charge in [0.05, 0.1) is 13.1 Å². The number of anilines is 2. The molecule has 6 nitrogen and oxygen atoms in total. The first-order chi connectivity index (χ1) is 9.92. The van der Waals surface area contributed by atoms with E-state index in [9.17, 15) is 0 Å². The van der Waals surface area contributed by atoms with Gasteiger partial charge in [-0.05, 0) is 0 Å². The van der Waals surface area contributed by atoms with E-state index in [1.165, 1.54) is 0 Å². The molecule has 2 N–H and O–H groups in total. The fourth-order valence-electron chi connectivity index (χ4n) is 1.60. The summed E-state index contributed by atoms with van der Waals surface area (Å²) >= 11 is 3.22. The maximum atomic E-state index is 4.30. The summed E-state index contributed by atoms with van der Waals surface area (Å²) in [5, 5.41) is 12.4. The van der Waals surface area contributed by atoms with Crippen molar-refractivity contribution in [1.82, 2.24) is 19.9 Å². The van der Waals surface area contributed by atoms with Crippen molar-refractivity contribution in [3.8, 4) is 0 Å². The molecule has 0 saturated heterocycles. The van der Waals surface area contributed by atoms with Crippen LogP contribution in [0.3, 0.4) is 0 Å². The van der Waals surface area contributed by atoms with E-state index < -0.39 is 0 Å². The van der Waals surface area contributed by atoms with Crippen molar-refractivity contribution in [3.05, 3.63) is 45.6 Å². The van der Waals surface area contributed by atoms with Crippen molar-refractivity contribution < 1.29 is 0 Å². The van der Waals surface area contributed by atoms with Gasteiger partial charge in [0.15, 0.2) is 11.6 Å². The second kappa shape index (κ2) is 6.40. The van der Waals surface area contributed by atoms with Crippen LogP contribution in [0.2, 0.25) is 0 Å². The van der Waals surface area contributed by atoms with Crippen LogP contribution in [0, 0.1) is 0 Å². The highest BCUT2D eigenvalue weighted by molar-refractivity contribution is 7.09. The molecule has 8 heteroatoms. The predicted molar refractivity (Wildman–Crippen MR) is 80.9 cm³/mol. The monoisotopic (exact) mass is 304 g/mol. The van der Waals surface area contributed by atoms with Gasteiger partial charge in [-0.1, -0.05) is 0 Å². The van der Waals surface area contributed by atoms with E-state index >= 15 is 0 Å². The normalized spacial score (nSPS) is 10.4. The number of aromatic nitrogens is 4.